The van der Waals surface area contributed by atoms with Gasteiger partial charge in [0.15, 0.2) is 5.78 Å². The summed E-state index contributed by atoms with van der Waals surface area (Å²) in [6.07, 6.45) is -4.94. The van der Waals surface area contributed by atoms with Crippen molar-refractivity contribution in [2.75, 3.05) is 5.32 Å². The Hall–Kier alpha value is -1.37. The van der Waals surface area contributed by atoms with Crippen LogP contribution in [0.15, 0.2) is 24.3 Å². The van der Waals surface area contributed by atoms with Gasteiger partial charge in [-0.05, 0) is 38.1 Å². The lowest BCUT2D eigenvalue weighted by Crippen LogP contribution is -2.30. The van der Waals surface area contributed by atoms with E-state index >= 15 is 0 Å². The highest BCUT2D eigenvalue weighted by molar-refractivity contribution is 9.10. The van der Waals surface area contributed by atoms with E-state index in [4.69, 9.17) is 0 Å². The van der Waals surface area contributed by atoms with Gasteiger partial charge in [0.25, 0.3) is 0 Å². The van der Waals surface area contributed by atoms with Gasteiger partial charge in [0.1, 0.15) is 0 Å². The van der Waals surface area contributed by atoms with Gasteiger partial charge < -0.3 is 5.32 Å². The minimum atomic E-state index is -4.94. The summed E-state index contributed by atoms with van der Waals surface area (Å²) in [5.74, 6) is -2.26. The van der Waals surface area contributed by atoms with Gasteiger partial charge in [-0.2, -0.15) is 13.2 Å². The molecule has 0 heterocycles. The molecule has 1 N–H and O–H groups in total. The summed E-state index contributed by atoms with van der Waals surface area (Å²) < 4.78 is 35.3. The molecular weight excluding hydrogens is 327 g/mol. The van der Waals surface area contributed by atoms with Gasteiger partial charge in [-0.1, -0.05) is 15.9 Å². The lowest BCUT2D eigenvalue weighted by Gasteiger charge is -2.15. The molecule has 0 spiro atoms. The second-order valence-corrected chi connectivity index (χ2v) is 6.31. The molecule has 0 aromatic heterocycles. The first-order valence-electron chi connectivity index (χ1n) is 5.24. The number of ketones is 1. The first-order valence-corrected chi connectivity index (χ1v) is 6.03. The predicted molar refractivity (Wildman–Crippen MR) is 68.5 cm³/mol. The van der Waals surface area contributed by atoms with E-state index in [1.807, 2.05) is 0 Å². The zero-order valence-corrected chi connectivity index (χ0v) is 11.7. The number of hydrogen-bond donors (Lipinski definition) is 1. The number of anilines is 1. The molecule has 0 bridgehead atoms. The molecule has 1 rings (SSSR count). The Bertz CT molecular complexity index is 489. The number of benzene rings is 1. The Kier molecular flexibility index (Phi) is 4.39. The van der Waals surface area contributed by atoms with Gasteiger partial charge >= 0.3 is 12.1 Å². The molecule has 1 aromatic rings. The maximum Gasteiger partial charge on any atom is 0.471 e. The van der Waals surface area contributed by atoms with Gasteiger partial charge in [0.2, 0.25) is 0 Å². The fraction of sp³-hybridized carbons (Fsp3) is 0.333. The quantitative estimate of drug-likeness (QED) is 0.677. The van der Waals surface area contributed by atoms with E-state index in [0.717, 1.165) is 0 Å². The van der Waals surface area contributed by atoms with Crippen molar-refractivity contribution in [3.8, 4) is 0 Å². The van der Waals surface area contributed by atoms with Crippen LogP contribution in [0.1, 0.15) is 24.2 Å². The van der Waals surface area contributed by atoms with Crippen molar-refractivity contribution in [3.05, 3.63) is 29.8 Å². The summed E-state index contributed by atoms with van der Waals surface area (Å²) in [6, 6.07) is 5.21. The molecule has 0 fully saturated rings. The number of halogens is 4. The second-order valence-electron chi connectivity index (χ2n) is 4.33. The largest absolute Gasteiger partial charge is 0.471 e. The van der Waals surface area contributed by atoms with E-state index in [-0.39, 0.29) is 11.5 Å². The first-order chi connectivity index (χ1) is 8.51. The maximum absolute atomic E-state index is 12.0. The minimum Gasteiger partial charge on any atom is -0.318 e. The van der Waals surface area contributed by atoms with Gasteiger partial charge in [-0.15, -0.1) is 0 Å². The standard InChI is InChI=1S/C12H11BrF3NO2/c1-11(2,13)9(18)7-3-5-8(6-4-7)17-10(19)12(14,15)16/h3-6H,1-2H3,(H,17,19). The summed E-state index contributed by atoms with van der Waals surface area (Å²) in [4.78, 5) is 22.5. The van der Waals surface area contributed by atoms with Crippen molar-refractivity contribution >= 4 is 33.3 Å². The minimum absolute atomic E-state index is 0.0220. The van der Waals surface area contributed by atoms with E-state index in [9.17, 15) is 22.8 Å². The predicted octanol–water partition coefficient (Wildman–Crippen LogP) is 3.54. The number of hydrogen-bond acceptors (Lipinski definition) is 2. The summed E-state index contributed by atoms with van der Waals surface area (Å²) in [5, 5.41) is 1.70. The first kappa shape index (κ1) is 15.7. The molecule has 0 unspecified atom stereocenters. The third kappa shape index (κ3) is 4.34. The average Bonchev–Trinajstić information content (AvgIpc) is 2.26. The van der Waals surface area contributed by atoms with Crippen molar-refractivity contribution in [2.45, 2.75) is 24.3 Å². The summed E-state index contributed by atoms with van der Waals surface area (Å²) in [6.45, 7) is 3.32. The van der Waals surface area contributed by atoms with Crippen molar-refractivity contribution in [2.24, 2.45) is 0 Å². The molecule has 0 saturated heterocycles. The summed E-state index contributed by atoms with van der Waals surface area (Å²) in [5.41, 5.74) is 0.318. The zero-order chi connectivity index (χ0) is 14.8. The van der Waals surface area contributed by atoms with Crippen LogP contribution < -0.4 is 5.32 Å². The number of Topliss-reactive ketones (excluding diaryl/α,β-unsaturated/α-hetero) is 1. The van der Waals surface area contributed by atoms with Crippen molar-refractivity contribution in [1.82, 2.24) is 0 Å². The molecule has 1 aromatic carbocycles. The SMILES string of the molecule is CC(C)(Br)C(=O)c1ccc(NC(=O)C(F)(F)F)cc1. The molecule has 0 aliphatic heterocycles. The molecule has 104 valence electrons. The van der Waals surface area contributed by atoms with E-state index in [0.29, 0.717) is 5.56 Å². The van der Waals surface area contributed by atoms with E-state index in [1.165, 1.54) is 24.3 Å². The fourth-order valence-corrected chi connectivity index (χ4v) is 1.48. The topological polar surface area (TPSA) is 46.2 Å². The third-order valence-corrected chi connectivity index (χ3v) is 2.56. The lowest BCUT2D eigenvalue weighted by atomic mass is 10.0. The Morgan fingerprint density at radius 3 is 1.95 bits per heavy atom. The molecule has 0 radical (unpaired) electrons. The van der Waals surface area contributed by atoms with Crippen molar-refractivity contribution < 1.29 is 22.8 Å². The number of nitrogens with one attached hydrogen (secondary N) is 1. The van der Waals surface area contributed by atoms with Crippen LogP contribution in [-0.2, 0) is 4.79 Å². The number of amides is 1. The van der Waals surface area contributed by atoms with Gasteiger partial charge in [0, 0.05) is 11.3 Å². The third-order valence-electron chi connectivity index (χ3n) is 2.20. The number of carbonyl (C=O) groups excluding carboxylic acids is 2. The van der Waals surface area contributed by atoms with Gasteiger partial charge in [0.05, 0.1) is 4.32 Å². The molecule has 0 atom stereocenters. The van der Waals surface area contributed by atoms with Crippen LogP contribution in [0.5, 0.6) is 0 Å². The van der Waals surface area contributed by atoms with E-state index in [1.54, 1.807) is 19.2 Å². The summed E-state index contributed by atoms with van der Waals surface area (Å²) >= 11 is 3.20. The zero-order valence-electron chi connectivity index (χ0n) is 10.1. The molecule has 1 amide bonds. The average molecular weight is 338 g/mol. The lowest BCUT2D eigenvalue weighted by molar-refractivity contribution is -0.167. The molecule has 0 saturated carbocycles. The van der Waals surface area contributed by atoms with Crippen LogP contribution in [0.25, 0.3) is 0 Å². The molecule has 3 nitrogen and oxygen atoms in total. The molecular formula is C12H11BrF3NO2. The van der Waals surface area contributed by atoms with Crippen molar-refractivity contribution in [3.63, 3.8) is 0 Å². The number of carbonyl (C=O) groups is 2. The van der Waals surface area contributed by atoms with Crippen molar-refractivity contribution in [1.29, 1.82) is 0 Å². The Balaban J connectivity index is 2.84. The molecule has 0 aliphatic rings. The van der Waals surface area contributed by atoms with E-state index < -0.39 is 16.4 Å². The van der Waals surface area contributed by atoms with Crippen LogP contribution in [0.2, 0.25) is 0 Å². The number of alkyl halides is 4. The molecule has 19 heavy (non-hydrogen) atoms. The van der Waals surface area contributed by atoms with Crippen LogP contribution >= 0.6 is 15.9 Å². The summed E-state index contributed by atoms with van der Waals surface area (Å²) in [7, 11) is 0. The van der Waals surface area contributed by atoms with Crippen LogP contribution in [0.4, 0.5) is 18.9 Å². The van der Waals surface area contributed by atoms with Crippen LogP contribution in [0, 0.1) is 0 Å². The smallest absolute Gasteiger partial charge is 0.318 e. The second kappa shape index (κ2) is 5.32. The maximum atomic E-state index is 12.0. The molecule has 7 heteroatoms. The Labute approximate surface area is 116 Å². The Morgan fingerprint density at radius 2 is 1.58 bits per heavy atom. The van der Waals surface area contributed by atoms with Gasteiger partial charge in [-0.25, -0.2) is 0 Å². The highest BCUT2D eigenvalue weighted by atomic mass is 79.9. The van der Waals surface area contributed by atoms with Crippen LogP contribution in [-0.4, -0.2) is 22.2 Å². The van der Waals surface area contributed by atoms with Crippen LogP contribution in [0.3, 0.4) is 0 Å². The molecule has 0 aliphatic carbocycles. The normalized spacial score (nSPS) is 12.1. The van der Waals surface area contributed by atoms with E-state index in [2.05, 4.69) is 15.9 Å². The monoisotopic (exact) mass is 337 g/mol. The highest BCUT2D eigenvalue weighted by Gasteiger charge is 2.38. The number of rotatable bonds is 3. The highest BCUT2D eigenvalue weighted by Crippen LogP contribution is 2.23. The fourth-order valence-electron chi connectivity index (χ4n) is 1.25. The van der Waals surface area contributed by atoms with Gasteiger partial charge in [-0.3, -0.25) is 9.59 Å². The Morgan fingerprint density at radius 1 is 1.11 bits per heavy atom.